The molecule has 0 radical (unpaired) electrons. The van der Waals surface area contributed by atoms with Crippen LogP contribution in [-0.4, -0.2) is 36.4 Å². The number of carbonyl (C=O) groups is 1. The maximum Gasteiger partial charge on any atom is 0.323 e. The zero-order valence-corrected chi connectivity index (χ0v) is 9.58. The molecule has 1 aliphatic rings. The highest BCUT2D eigenvalue weighted by Gasteiger charge is 2.43. The van der Waals surface area contributed by atoms with Crippen LogP contribution < -0.4 is 5.32 Å². The van der Waals surface area contributed by atoms with Gasteiger partial charge in [0.05, 0.1) is 6.61 Å². The Morgan fingerprint density at radius 2 is 2.20 bits per heavy atom. The van der Waals surface area contributed by atoms with Crippen molar-refractivity contribution in [1.82, 2.24) is 5.32 Å². The Morgan fingerprint density at radius 1 is 1.53 bits per heavy atom. The lowest BCUT2D eigenvalue weighted by Crippen LogP contribution is -2.57. The third-order valence-electron chi connectivity index (χ3n) is 2.78. The van der Waals surface area contributed by atoms with Gasteiger partial charge in [-0.15, -0.1) is 0 Å². The van der Waals surface area contributed by atoms with Crippen LogP contribution in [0.1, 0.15) is 33.1 Å². The zero-order chi connectivity index (χ0) is 11.3. The average Bonchev–Trinajstić information content (AvgIpc) is 2.06. The van der Waals surface area contributed by atoms with Crippen molar-refractivity contribution in [3.05, 3.63) is 0 Å². The van der Waals surface area contributed by atoms with E-state index in [9.17, 15) is 4.79 Å². The van der Waals surface area contributed by atoms with Gasteiger partial charge in [0.15, 0.2) is 0 Å². The molecule has 0 amide bonds. The number of carboxylic acid groups (broad SMARTS) is 1. The number of ether oxygens (including phenoxy) is 1. The summed E-state index contributed by atoms with van der Waals surface area (Å²) in [5, 5.41) is 12.1. The minimum absolute atomic E-state index is 0.530. The molecule has 0 unspecified atom stereocenters. The summed E-state index contributed by atoms with van der Waals surface area (Å²) in [7, 11) is 0. The topological polar surface area (TPSA) is 58.6 Å². The van der Waals surface area contributed by atoms with Gasteiger partial charge in [-0.3, -0.25) is 10.1 Å². The SMILES string of the molecule is CC(C)COCCNC1(C(=O)O)CCC1. The minimum Gasteiger partial charge on any atom is -0.480 e. The first kappa shape index (κ1) is 12.5. The molecule has 0 aromatic carbocycles. The molecule has 4 heteroatoms. The van der Waals surface area contributed by atoms with E-state index in [0.29, 0.717) is 19.1 Å². The zero-order valence-electron chi connectivity index (χ0n) is 9.58. The molecule has 2 N–H and O–H groups in total. The van der Waals surface area contributed by atoms with Crippen LogP contribution in [0.25, 0.3) is 0 Å². The fourth-order valence-electron chi connectivity index (χ4n) is 1.68. The van der Waals surface area contributed by atoms with Gasteiger partial charge in [-0.05, 0) is 25.2 Å². The number of hydrogen-bond donors (Lipinski definition) is 2. The summed E-state index contributed by atoms with van der Waals surface area (Å²) in [4.78, 5) is 11.0. The molecule has 4 nitrogen and oxygen atoms in total. The molecule has 1 rings (SSSR count). The standard InChI is InChI=1S/C11H21NO3/c1-9(2)8-15-7-6-12-11(10(13)14)4-3-5-11/h9,12H,3-8H2,1-2H3,(H,13,14). The van der Waals surface area contributed by atoms with E-state index in [1.54, 1.807) is 0 Å². The molecule has 0 heterocycles. The van der Waals surface area contributed by atoms with Crippen molar-refractivity contribution in [3.8, 4) is 0 Å². The summed E-state index contributed by atoms with van der Waals surface area (Å²) in [6, 6.07) is 0. The van der Waals surface area contributed by atoms with Crippen molar-refractivity contribution in [2.75, 3.05) is 19.8 Å². The molecule has 0 spiro atoms. The van der Waals surface area contributed by atoms with Gasteiger partial charge in [0.2, 0.25) is 0 Å². The van der Waals surface area contributed by atoms with Gasteiger partial charge in [0.25, 0.3) is 0 Å². The Bertz CT molecular complexity index is 212. The van der Waals surface area contributed by atoms with Gasteiger partial charge < -0.3 is 9.84 Å². The quantitative estimate of drug-likeness (QED) is 0.628. The Balaban J connectivity index is 2.11. The third-order valence-corrected chi connectivity index (χ3v) is 2.78. The fourth-order valence-corrected chi connectivity index (χ4v) is 1.68. The molecule has 0 saturated heterocycles. The van der Waals surface area contributed by atoms with Crippen molar-refractivity contribution in [1.29, 1.82) is 0 Å². The summed E-state index contributed by atoms with van der Waals surface area (Å²) < 4.78 is 5.38. The third kappa shape index (κ3) is 3.47. The minimum atomic E-state index is -0.724. The number of nitrogens with one attached hydrogen (secondary N) is 1. The van der Waals surface area contributed by atoms with Crippen LogP contribution in [0.2, 0.25) is 0 Å². The van der Waals surface area contributed by atoms with Crippen LogP contribution in [0.3, 0.4) is 0 Å². The molecule has 0 bridgehead atoms. The van der Waals surface area contributed by atoms with Crippen molar-refractivity contribution in [3.63, 3.8) is 0 Å². The summed E-state index contributed by atoms with van der Waals surface area (Å²) >= 11 is 0. The lowest BCUT2D eigenvalue weighted by molar-refractivity contribution is -0.148. The molecule has 88 valence electrons. The van der Waals surface area contributed by atoms with E-state index in [0.717, 1.165) is 25.9 Å². The van der Waals surface area contributed by atoms with E-state index in [1.165, 1.54) is 0 Å². The van der Waals surface area contributed by atoms with Crippen molar-refractivity contribution in [2.45, 2.75) is 38.6 Å². The van der Waals surface area contributed by atoms with Gasteiger partial charge >= 0.3 is 5.97 Å². The normalized spacial score (nSPS) is 18.9. The highest BCUT2D eigenvalue weighted by molar-refractivity contribution is 5.79. The summed E-state index contributed by atoms with van der Waals surface area (Å²) in [6.45, 7) is 6.14. The molecule has 15 heavy (non-hydrogen) atoms. The Kier molecular flexibility index (Phi) is 4.54. The van der Waals surface area contributed by atoms with Crippen LogP contribution in [-0.2, 0) is 9.53 Å². The maximum absolute atomic E-state index is 11.0. The highest BCUT2D eigenvalue weighted by atomic mass is 16.5. The number of aliphatic carboxylic acids is 1. The Hall–Kier alpha value is -0.610. The van der Waals surface area contributed by atoms with Crippen LogP contribution in [0.4, 0.5) is 0 Å². The van der Waals surface area contributed by atoms with Crippen LogP contribution in [0, 0.1) is 5.92 Å². The van der Waals surface area contributed by atoms with Gasteiger partial charge in [0, 0.05) is 13.2 Å². The first-order valence-electron chi connectivity index (χ1n) is 5.63. The smallest absolute Gasteiger partial charge is 0.323 e. The lowest BCUT2D eigenvalue weighted by Gasteiger charge is -2.38. The summed E-state index contributed by atoms with van der Waals surface area (Å²) in [6.07, 6.45) is 2.49. The van der Waals surface area contributed by atoms with Crippen LogP contribution in [0.15, 0.2) is 0 Å². The Morgan fingerprint density at radius 3 is 2.60 bits per heavy atom. The predicted molar refractivity (Wildman–Crippen MR) is 57.9 cm³/mol. The van der Waals surface area contributed by atoms with E-state index in [1.807, 2.05) is 0 Å². The number of rotatable bonds is 7. The van der Waals surface area contributed by atoms with E-state index in [-0.39, 0.29) is 0 Å². The second-order valence-corrected chi connectivity index (χ2v) is 4.64. The van der Waals surface area contributed by atoms with Crippen LogP contribution in [0.5, 0.6) is 0 Å². The lowest BCUT2D eigenvalue weighted by atomic mass is 9.77. The maximum atomic E-state index is 11.0. The molecule has 0 aromatic heterocycles. The second-order valence-electron chi connectivity index (χ2n) is 4.64. The summed E-state index contributed by atoms with van der Waals surface area (Å²) in [5.74, 6) is -0.195. The van der Waals surface area contributed by atoms with Gasteiger partial charge in [-0.25, -0.2) is 0 Å². The van der Waals surface area contributed by atoms with E-state index in [4.69, 9.17) is 9.84 Å². The van der Waals surface area contributed by atoms with Crippen molar-refractivity contribution >= 4 is 5.97 Å². The molecule has 0 aliphatic heterocycles. The fraction of sp³-hybridized carbons (Fsp3) is 0.909. The Labute approximate surface area is 91.0 Å². The van der Waals surface area contributed by atoms with E-state index in [2.05, 4.69) is 19.2 Å². The second kappa shape index (κ2) is 5.47. The molecular formula is C11H21NO3. The van der Waals surface area contributed by atoms with E-state index < -0.39 is 11.5 Å². The van der Waals surface area contributed by atoms with Crippen LogP contribution >= 0.6 is 0 Å². The molecule has 1 saturated carbocycles. The monoisotopic (exact) mass is 215 g/mol. The van der Waals surface area contributed by atoms with Gasteiger partial charge in [-0.1, -0.05) is 13.8 Å². The van der Waals surface area contributed by atoms with Crippen molar-refractivity contribution in [2.24, 2.45) is 5.92 Å². The first-order valence-corrected chi connectivity index (χ1v) is 5.63. The first-order chi connectivity index (χ1) is 7.07. The molecular weight excluding hydrogens is 194 g/mol. The average molecular weight is 215 g/mol. The molecule has 0 aromatic rings. The molecule has 0 atom stereocenters. The predicted octanol–water partition coefficient (Wildman–Crippen LogP) is 1.26. The van der Waals surface area contributed by atoms with Gasteiger partial charge in [-0.2, -0.15) is 0 Å². The van der Waals surface area contributed by atoms with Gasteiger partial charge in [0.1, 0.15) is 5.54 Å². The number of hydrogen-bond acceptors (Lipinski definition) is 3. The molecule has 1 aliphatic carbocycles. The largest absolute Gasteiger partial charge is 0.480 e. The van der Waals surface area contributed by atoms with Crippen molar-refractivity contribution < 1.29 is 14.6 Å². The summed E-state index contributed by atoms with van der Waals surface area (Å²) in [5.41, 5.74) is -0.652. The highest BCUT2D eigenvalue weighted by Crippen LogP contribution is 2.31. The molecule has 1 fully saturated rings. The number of carboxylic acids is 1. The van der Waals surface area contributed by atoms with E-state index >= 15 is 0 Å².